The van der Waals surface area contributed by atoms with Gasteiger partial charge in [-0.25, -0.2) is 0 Å². The molecule has 0 amide bonds. The van der Waals surface area contributed by atoms with Crippen molar-refractivity contribution in [3.8, 4) is 0 Å². The van der Waals surface area contributed by atoms with Crippen molar-refractivity contribution < 1.29 is 5.11 Å². The summed E-state index contributed by atoms with van der Waals surface area (Å²) in [6.45, 7) is 4.58. The van der Waals surface area contributed by atoms with E-state index in [4.69, 9.17) is 10.8 Å². The van der Waals surface area contributed by atoms with Crippen LogP contribution in [0.25, 0.3) is 10.8 Å². The molecule has 0 saturated carbocycles. The fourth-order valence-corrected chi connectivity index (χ4v) is 1.13. The monoisotopic (exact) mass is 219 g/mol. The van der Waals surface area contributed by atoms with E-state index in [2.05, 4.69) is 48.5 Å². The highest BCUT2D eigenvalue weighted by Crippen LogP contribution is 2.11. The highest BCUT2D eigenvalue weighted by atomic mass is 16.2. The SMILES string of the molecule is CCN.CCO.c1ccc2ccccc2c1. The molecule has 0 unspecified atom stereocenters. The lowest BCUT2D eigenvalue weighted by Gasteiger charge is -1.92. The molecule has 0 aliphatic heterocycles. The summed E-state index contributed by atoms with van der Waals surface area (Å²) in [5.74, 6) is 0. The minimum atomic E-state index is 0.250. The van der Waals surface area contributed by atoms with Crippen LogP contribution in [0.1, 0.15) is 13.8 Å². The van der Waals surface area contributed by atoms with Gasteiger partial charge in [0.05, 0.1) is 0 Å². The van der Waals surface area contributed by atoms with Crippen LogP contribution in [0.15, 0.2) is 48.5 Å². The van der Waals surface area contributed by atoms with Gasteiger partial charge < -0.3 is 10.8 Å². The normalized spacial score (nSPS) is 8.50. The lowest BCUT2D eigenvalue weighted by Crippen LogP contribution is -1.87. The molecule has 0 aliphatic rings. The maximum Gasteiger partial charge on any atom is 0.0402 e. The number of fused-ring (bicyclic) bond motifs is 1. The van der Waals surface area contributed by atoms with Crippen molar-refractivity contribution >= 4 is 10.8 Å². The number of nitrogens with two attached hydrogens (primary N) is 1. The minimum Gasteiger partial charge on any atom is -0.397 e. The molecule has 2 aromatic rings. The summed E-state index contributed by atoms with van der Waals surface area (Å²) < 4.78 is 0. The molecule has 0 atom stereocenters. The van der Waals surface area contributed by atoms with Crippen LogP contribution >= 0.6 is 0 Å². The predicted octanol–water partition coefficient (Wildman–Crippen LogP) is 2.80. The summed E-state index contributed by atoms with van der Waals surface area (Å²) in [6.07, 6.45) is 0. The molecule has 0 aliphatic carbocycles. The Bertz CT molecular complexity index is 306. The van der Waals surface area contributed by atoms with Crippen molar-refractivity contribution in [2.45, 2.75) is 13.8 Å². The van der Waals surface area contributed by atoms with Crippen molar-refractivity contribution in [3.63, 3.8) is 0 Å². The van der Waals surface area contributed by atoms with E-state index in [1.54, 1.807) is 6.92 Å². The van der Waals surface area contributed by atoms with Gasteiger partial charge in [0, 0.05) is 6.61 Å². The number of aliphatic hydroxyl groups excluding tert-OH is 1. The van der Waals surface area contributed by atoms with Crippen LogP contribution in [0.2, 0.25) is 0 Å². The lowest BCUT2D eigenvalue weighted by atomic mass is 10.1. The van der Waals surface area contributed by atoms with Gasteiger partial charge in [0.1, 0.15) is 0 Å². The van der Waals surface area contributed by atoms with Gasteiger partial charge in [-0.3, -0.25) is 0 Å². The van der Waals surface area contributed by atoms with Crippen LogP contribution in [-0.2, 0) is 0 Å². The van der Waals surface area contributed by atoms with E-state index >= 15 is 0 Å². The standard InChI is InChI=1S/C10H8.C2H7N.C2H6O/c1-2-6-10-8-4-3-7-9(10)5-1;2*1-2-3/h1-8H;2-3H2,1H3;3H,2H2,1H3. The fourth-order valence-electron chi connectivity index (χ4n) is 1.13. The average Bonchev–Trinajstić information content (AvgIpc) is 2.31. The van der Waals surface area contributed by atoms with Gasteiger partial charge in [-0.2, -0.15) is 0 Å². The third-order valence-corrected chi connectivity index (χ3v) is 1.66. The summed E-state index contributed by atoms with van der Waals surface area (Å²) in [5.41, 5.74) is 4.85. The first-order chi connectivity index (χ1) is 7.79. The van der Waals surface area contributed by atoms with Gasteiger partial charge >= 0.3 is 0 Å². The summed E-state index contributed by atoms with van der Waals surface area (Å²) in [7, 11) is 0. The smallest absolute Gasteiger partial charge is 0.0402 e. The van der Waals surface area contributed by atoms with Crippen molar-refractivity contribution in [3.05, 3.63) is 48.5 Å². The fraction of sp³-hybridized carbons (Fsp3) is 0.286. The Morgan fingerprint density at radius 1 is 0.875 bits per heavy atom. The Morgan fingerprint density at radius 3 is 1.25 bits per heavy atom. The van der Waals surface area contributed by atoms with Crippen LogP contribution < -0.4 is 5.73 Å². The predicted molar refractivity (Wildman–Crippen MR) is 71.4 cm³/mol. The van der Waals surface area contributed by atoms with Gasteiger partial charge in [0.15, 0.2) is 0 Å². The first-order valence-corrected chi connectivity index (χ1v) is 5.54. The highest BCUT2D eigenvalue weighted by Gasteiger charge is 1.85. The molecule has 2 heteroatoms. The molecule has 2 rings (SSSR count). The topological polar surface area (TPSA) is 46.2 Å². The number of hydrogen-bond acceptors (Lipinski definition) is 2. The van der Waals surface area contributed by atoms with Crippen molar-refractivity contribution in [1.82, 2.24) is 0 Å². The summed E-state index contributed by atoms with van der Waals surface area (Å²) >= 11 is 0. The molecule has 2 aromatic carbocycles. The first-order valence-electron chi connectivity index (χ1n) is 5.54. The molecule has 2 nitrogen and oxygen atoms in total. The molecule has 0 aromatic heterocycles. The molecule has 0 saturated heterocycles. The van der Waals surface area contributed by atoms with E-state index < -0.39 is 0 Å². The van der Waals surface area contributed by atoms with Crippen LogP contribution in [0, 0.1) is 0 Å². The lowest BCUT2D eigenvalue weighted by molar-refractivity contribution is 0.318. The third kappa shape index (κ3) is 6.17. The van der Waals surface area contributed by atoms with E-state index in [0.717, 1.165) is 6.54 Å². The molecule has 0 heterocycles. The summed E-state index contributed by atoms with van der Waals surface area (Å²) in [6, 6.07) is 16.7. The second-order valence-electron chi connectivity index (χ2n) is 3.07. The maximum atomic E-state index is 7.57. The molecular formula is C14H21NO. The maximum absolute atomic E-state index is 7.57. The Kier molecular flexibility index (Phi) is 9.27. The van der Waals surface area contributed by atoms with Crippen molar-refractivity contribution in [1.29, 1.82) is 0 Å². The molecular weight excluding hydrogens is 198 g/mol. The van der Waals surface area contributed by atoms with Crippen LogP contribution in [-0.4, -0.2) is 18.3 Å². The zero-order chi connectivity index (χ0) is 12.2. The van der Waals surface area contributed by atoms with Gasteiger partial charge in [0.2, 0.25) is 0 Å². The van der Waals surface area contributed by atoms with Crippen LogP contribution in [0.3, 0.4) is 0 Å². The van der Waals surface area contributed by atoms with Gasteiger partial charge in [-0.15, -0.1) is 0 Å². The third-order valence-electron chi connectivity index (χ3n) is 1.66. The van der Waals surface area contributed by atoms with E-state index in [0.29, 0.717) is 0 Å². The van der Waals surface area contributed by atoms with Crippen molar-refractivity contribution in [2.75, 3.05) is 13.2 Å². The number of hydrogen-bond donors (Lipinski definition) is 2. The molecule has 88 valence electrons. The van der Waals surface area contributed by atoms with E-state index in [-0.39, 0.29) is 6.61 Å². The second-order valence-corrected chi connectivity index (χ2v) is 3.07. The van der Waals surface area contributed by atoms with E-state index in [1.165, 1.54) is 10.8 Å². The van der Waals surface area contributed by atoms with Crippen LogP contribution in [0.5, 0.6) is 0 Å². The summed E-state index contributed by atoms with van der Waals surface area (Å²) in [4.78, 5) is 0. The Morgan fingerprint density at radius 2 is 1.06 bits per heavy atom. The average molecular weight is 219 g/mol. The molecule has 0 radical (unpaired) electrons. The van der Waals surface area contributed by atoms with Crippen LogP contribution in [0.4, 0.5) is 0 Å². The Labute approximate surface area is 97.7 Å². The van der Waals surface area contributed by atoms with Gasteiger partial charge in [-0.1, -0.05) is 55.5 Å². The highest BCUT2D eigenvalue weighted by molar-refractivity contribution is 5.81. The first kappa shape index (κ1) is 14.6. The summed E-state index contributed by atoms with van der Waals surface area (Å²) in [5, 5.41) is 10.2. The second kappa shape index (κ2) is 10.1. The molecule has 16 heavy (non-hydrogen) atoms. The molecule has 0 spiro atoms. The zero-order valence-electron chi connectivity index (χ0n) is 10.1. The van der Waals surface area contributed by atoms with E-state index in [9.17, 15) is 0 Å². The number of aliphatic hydroxyl groups is 1. The van der Waals surface area contributed by atoms with Gasteiger partial charge in [-0.05, 0) is 24.2 Å². The molecule has 0 bridgehead atoms. The zero-order valence-corrected chi connectivity index (χ0v) is 10.1. The van der Waals surface area contributed by atoms with Crippen molar-refractivity contribution in [2.24, 2.45) is 5.73 Å². The molecule has 0 fully saturated rings. The largest absolute Gasteiger partial charge is 0.397 e. The number of benzene rings is 2. The van der Waals surface area contributed by atoms with Gasteiger partial charge in [0.25, 0.3) is 0 Å². The Balaban J connectivity index is 0.000000321. The quantitative estimate of drug-likeness (QED) is 0.715. The minimum absolute atomic E-state index is 0.250. The molecule has 3 N–H and O–H groups in total. The van der Waals surface area contributed by atoms with E-state index in [1.807, 2.05) is 6.92 Å². The number of rotatable bonds is 0. The Hall–Kier alpha value is -1.38.